The molecule has 8 heteroatoms. The van der Waals surface area contributed by atoms with E-state index in [1.165, 1.54) is 0 Å². The van der Waals surface area contributed by atoms with Crippen molar-refractivity contribution in [1.29, 1.82) is 0 Å². The van der Waals surface area contributed by atoms with Gasteiger partial charge >= 0.3 is 0 Å². The van der Waals surface area contributed by atoms with Gasteiger partial charge in [0, 0.05) is 76.4 Å². The Bertz CT molecular complexity index is 800. The highest BCUT2D eigenvalue weighted by molar-refractivity contribution is 7.18. The number of piperazine rings is 1. The highest BCUT2D eigenvalue weighted by Gasteiger charge is 2.26. The van der Waals surface area contributed by atoms with Crippen molar-refractivity contribution in [3.63, 3.8) is 0 Å². The second-order valence-electron chi connectivity index (χ2n) is 7.30. The number of aromatic nitrogens is 1. The van der Waals surface area contributed by atoms with E-state index in [9.17, 15) is 4.79 Å². The summed E-state index contributed by atoms with van der Waals surface area (Å²) in [4.78, 5) is 25.0. The van der Waals surface area contributed by atoms with Crippen molar-refractivity contribution < 1.29 is 14.3 Å². The first-order valence-electron chi connectivity index (χ1n) is 10.1. The molecule has 0 unspecified atom stereocenters. The quantitative estimate of drug-likeness (QED) is 0.718. The Kier molecular flexibility index (Phi) is 6.76. The number of hydrogen-bond donors (Lipinski definition) is 0. The van der Waals surface area contributed by atoms with Gasteiger partial charge in [0.25, 0.3) is 5.91 Å². The number of carbonyl (C=O) groups excluding carboxylic acids is 1. The maximum atomic E-state index is 13.2. The summed E-state index contributed by atoms with van der Waals surface area (Å²) >= 11 is 1.60. The van der Waals surface area contributed by atoms with Gasteiger partial charge in [-0.05, 0) is 12.1 Å². The van der Waals surface area contributed by atoms with Gasteiger partial charge in [0.05, 0.1) is 29.7 Å². The predicted molar refractivity (Wildman–Crippen MR) is 115 cm³/mol. The Morgan fingerprint density at radius 1 is 1.21 bits per heavy atom. The number of ether oxygens (including phenoxy) is 2. The van der Waals surface area contributed by atoms with Crippen molar-refractivity contribution in [3.05, 3.63) is 35.5 Å². The highest BCUT2D eigenvalue weighted by atomic mass is 32.1. The van der Waals surface area contributed by atoms with Crippen molar-refractivity contribution >= 4 is 22.2 Å². The molecule has 0 aliphatic carbocycles. The molecule has 0 radical (unpaired) electrons. The maximum absolute atomic E-state index is 13.2. The van der Waals surface area contributed by atoms with Crippen molar-refractivity contribution in [2.45, 2.75) is 0 Å². The van der Waals surface area contributed by atoms with E-state index in [2.05, 4.69) is 20.9 Å². The fraction of sp³-hybridized carbons (Fsp3) is 0.524. The lowest BCUT2D eigenvalue weighted by Gasteiger charge is -2.34. The van der Waals surface area contributed by atoms with E-state index in [-0.39, 0.29) is 5.91 Å². The van der Waals surface area contributed by atoms with Crippen LogP contribution in [0.4, 0.5) is 5.00 Å². The molecule has 2 fully saturated rings. The first kappa shape index (κ1) is 20.3. The molecule has 0 atom stereocenters. The molecule has 0 aromatic carbocycles. The lowest BCUT2D eigenvalue weighted by Crippen LogP contribution is -2.49. The molecule has 2 aromatic rings. The van der Waals surface area contributed by atoms with Crippen LogP contribution in [0.1, 0.15) is 9.67 Å². The van der Waals surface area contributed by atoms with Crippen LogP contribution >= 0.6 is 11.3 Å². The number of morpholine rings is 1. The minimum absolute atomic E-state index is 0.131. The second-order valence-corrected chi connectivity index (χ2v) is 8.33. The molecule has 156 valence electrons. The molecule has 4 heterocycles. The van der Waals surface area contributed by atoms with Crippen LogP contribution in [-0.2, 0) is 9.47 Å². The van der Waals surface area contributed by atoms with Crippen LogP contribution in [-0.4, -0.2) is 93.4 Å². The number of carbonyl (C=O) groups is 1. The van der Waals surface area contributed by atoms with Crippen LogP contribution < -0.4 is 4.90 Å². The molecule has 2 aliphatic heterocycles. The minimum atomic E-state index is 0.131. The first-order chi connectivity index (χ1) is 14.3. The van der Waals surface area contributed by atoms with E-state index < -0.39 is 0 Å². The molecular weight excluding hydrogens is 388 g/mol. The van der Waals surface area contributed by atoms with Crippen LogP contribution in [0.15, 0.2) is 30.6 Å². The number of thiophene rings is 1. The maximum Gasteiger partial charge on any atom is 0.264 e. The molecular formula is C21H28N4O3S. The largest absolute Gasteiger partial charge is 0.383 e. The molecule has 2 aliphatic rings. The predicted octanol–water partition coefficient (Wildman–Crippen LogP) is 2.05. The Hall–Kier alpha value is -2.00. The SMILES string of the molecule is COCCN1CCN(C(=O)c2cc(-c3cccnc3)c(N3CCOCC3)s2)CC1. The van der Waals surface area contributed by atoms with Gasteiger partial charge < -0.3 is 19.3 Å². The molecule has 1 amide bonds. The molecule has 0 spiro atoms. The third kappa shape index (κ3) is 4.78. The van der Waals surface area contributed by atoms with E-state index in [1.807, 2.05) is 23.2 Å². The van der Waals surface area contributed by atoms with Crippen molar-refractivity contribution in [2.75, 3.05) is 77.6 Å². The normalized spacial score (nSPS) is 18.2. The third-order valence-corrected chi connectivity index (χ3v) is 6.65. The fourth-order valence-electron chi connectivity index (χ4n) is 3.77. The topological polar surface area (TPSA) is 58.1 Å². The van der Waals surface area contributed by atoms with Gasteiger partial charge in [0.2, 0.25) is 0 Å². The highest BCUT2D eigenvalue weighted by Crippen LogP contribution is 2.39. The van der Waals surface area contributed by atoms with Crippen molar-refractivity contribution in [2.24, 2.45) is 0 Å². The average Bonchev–Trinajstić information content (AvgIpc) is 3.24. The lowest BCUT2D eigenvalue weighted by atomic mass is 10.1. The molecule has 0 bridgehead atoms. The molecule has 4 rings (SSSR count). The van der Waals surface area contributed by atoms with E-state index in [1.54, 1.807) is 24.6 Å². The monoisotopic (exact) mass is 416 g/mol. The van der Waals surface area contributed by atoms with E-state index in [4.69, 9.17) is 9.47 Å². The van der Waals surface area contributed by atoms with Gasteiger partial charge in [-0.25, -0.2) is 0 Å². The van der Waals surface area contributed by atoms with Gasteiger partial charge in [-0.3, -0.25) is 14.7 Å². The summed E-state index contributed by atoms with van der Waals surface area (Å²) in [5, 5.41) is 1.14. The zero-order valence-electron chi connectivity index (χ0n) is 16.9. The standard InChI is InChI=1S/C21H28N4O3S/c1-27-12-9-23-5-7-24(8-6-23)20(26)19-15-18(17-3-2-4-22-16-17)21(29-19)25-10-13-28-14-11-25/h2-4,15-16H,5-14H2,1H3. The Morgan fingerprint density at radius 2 is 2.00 bits per heavy atom. The molecule has 29 heavy (non-hydrogen) atoms. The van der Waals surface area contributed by atoms with E-state index >= 15 is 0 Å². The van der Waals surface area contributed by atoms with Crippen LogP contribution in [0.25, 0.3) is 11.1 Å². The second kappa shape index (κ2) is 9.67. The summed E-state index contributed by atoms with van der Waals surface area (Å²) in [6.45, 7) is 8.09. The molecule has 0 N–H and O–H groups in total. The average molecular weight is 417 g/mol. The van der Waals surface area contributed by atoms with Crippen LogP contribution in [0, 0.1) is 0 Å². The third-order valence-electron chi connectivity index (χ3n) is 5.47. The van der Waals surface area contributed by atoms with Crippen LogP contribution in [0.5, 0.6) is 0 Å². The number of hydrogen-bond acceptors (Lipinski definition) is 7. The number of rotatable bonds is 6. The fourth-order valence-corrected chi connectivity index (χ4v) is 4.97. The Labute approximate surface area is 175 Å². The molecule has 2 aromatic heterocycles. The minimum Gasteiger partial charge on any atom is -0.383 e. The smallest absolute Gasteiger partial charge is 0.264 e. The first-order valence-corrected chi connectivity index (χ1v) is 11.0. The summed E-state index contributed by atoms with van der Waals surface area (Å²) < 4.78 is 10.7. The number of anilines is 1. The summed E-state index contributed by atoms with van der Waals surface area (Å²) in [5.74, 6) is 0.131. The number of nitrogens with zero attached hydrogens (tertiary/aromatic N) is 4. The summed E-state index contributed by atoms with van der Waals surface area (Å²) in [6.07, 6.45) is 3.65. The van der Waals surface area contributed by atoms with Crippen molar-refractivity contribution in [1.82, 2.24) is 14.8 Å². The van der Waals surface area contributed by atoms with Gasteiger partial charge in [0.15, 0.2) is 0 Å². The number of methoxy groups -OCH3 is 1. The van der Waals surface area contributed by atoms with Gasteiger partial charge in [0.1, 0.15) is 0 Å². The summed E-state index contributed by atoms with van der Waals surface area (Å²) in [6, 6.07) is 6.05. The van der Waals surface area contributed by atoms with Gasteiger partial charge in [-0.2, -0.15) is 0 Å². The van der Waals surface area contributed by atoms with Gasteiger partial charge in [-0.1, -0.05) is 6.07 Å². The molecule has 7 nitrogen and oxygen atoms in total. The molecule has 0 saturated carbocycles. The van der Waals surface area contributed by atoms with Crippen LogP contribution in [0.2, 0.25) is 0 Å². The zero-order valence-corrected chi connectivity index (χ0v) is 17.7. The number of pyridine rings is 1. The Morgan fingerprint density at radius 3 is 2.69 bits per heavy atom. The Balaban J connectivity index is 1.53. The van der Waals surface area contributed by atoms with Crippen molar-refractivity contribution in [3.8, 4) is 11.1 Å². The van der Waals surface area contributed by atoms with E-state index in [0.29, 0.717) is 0 Å². The number of amides is 1. The van der Waals surface area contributed by atoms with Crippen LogP contribution in [0.3, 0.4) is 0 Å². The zero-order chi connectivity index (χ0) is 20.1. The van der Waals surface area contributed by atoms with Gasteiger partial charge in [-0.15, -0.1) is 11.3 Å². The lowest BCUT2D eigenvalue weighted by molar-refractivity contribution is 0.0598. The molecule has 2 saturated heterocycles. The van der Waals surface area contributed by atoms with E-state index in [0.717, 1.165) is 86.6 Å². The summed E-state index contributed by atoms with van der Waals surface area (Å²) in [5.41, 5.74) is 2.14. The summed E-state index contributed by atoms with van der Waals surface area (Å²) in [7, 11) is 1.72.